The lowest BCUT2D eigenvalue weighted by atomic mass is 9.90. The van der Waals surface area contributed by atoms with Crippen LogP contribution >= 0.6 is 0 Å². The molecule has 0 amide bonds. The normalized spacial score (nSPS) is 19.5. The maximum Gasteiger partial charge on any atom is 0.433 e. The number of piperidine rings is 1. The molecule has 1 aliphatic heterocycles. The van der Waals surface area contributed by atoms with Crippen LogP contribution in [-0.4, -0.2) is 40.3 Å². The molecule has 2 heterocycles. The Balaban J connectivity index is 2.12. The van der Waals surface area contributed by atoms with Crippen LogP contribution in [0.2, 0.25) is 0 Å². The predicted octanol–water partition coefficient (Wildman–Crippen LogP) is 0.785. The molecule has 0 atom stereocenters. The minimum atomic E-state index is -4.48. The van der Waals surface area contributed by atoms with Crippen molar-refractivity contribution in [2.24, 2.45) is 5.73 Å². The molecular formula is C11H15F3N4O. The van der Waals surface area contributed by atoms with Crippen molar-refractivity contribution < 1.29 is 18.3 Å². The lowest BCUT2D eigenvalue weighted by molar-refractivity contribution is -0.141. The zero-order chi connectivity index (χ0) is 14.1. The number of halogens is 3. The zero-order valence-electron chi connectivity index (χ0n) is 10.2. The molecule has 0 bridgehead atoms. The third-order valence-corrected chi connectivity index (χ3v) is 3.29. The van der Waals surface area contributed by atoms with Crippen LogP contribution in [-0.2, 0) is 6.18 Å². The first-order chi connectivity index (χ1) is 8.84. The molecule has 2 rings (SSSR count). The van der Waals surface area contributed by atoms with Gasteiger partial charge in [0.05, 0.1) is 6.61 Å². The Morgan fingerprint density at radius 2 is 2.00 bits per heavy atom. The summed E-state index contributed by atoms with van der Waals surface area (Å²) in [6, 6.07) is 0.842. The van der Waals surface area contributed by atoms with E-state index in [-0.39, 0.29) is 12.6 Å². The van der Waals surface area contributed by atoms with Gasteiger partial charge in [-0.1, -0.05) is 0 Å². The molecule has 0 aromatic carbocycles. The van der Waals surface area contributed by atoms with Crippen molar-refractivity contribution in [1.29, 1.82) is 0 Å². The van der Waals surface area contributed by atoms with Crippen LogP contribution in [0.15, 0.2) is 12.3 Å². The molecule has 5 nitrogen and oxygen atoms in total. The molecule has 0 radical (unpaired) electrons. The molecule has 0 saturated carbocycles. The molecule has 1 aromatic rings. The summed E-state index contributed by atoms with van der Waals surface area (Å²) in [6.45, 7) is 0.723. The maximum atomic E-state index is 12.6. The molecule has 0 spiro atoms. The van der Waals surface area contributed by atoms with E-state index >= 15 is 0 Å². The van der Waals surface area contributed by atoms with E-state index in [2.05, 4.69) is 9.97 Å². The molecule has 1 saturated heterocycles. The first-order valence-electron chi connectivity index (χ1n) is 5.89. The van der Waals surface area contributed by atoms with E-state index in [1.807, 2.05) is 0 Å². The number of anilines is 1. The van der Waals surface area contributed by atoms with Crippen LogP contribution in [0.4, 0.5) is 19.1 Å². The quantitative estimate of drug-likeness (QED) is 0.835. The highest BCUT2D eigenvalue weighted by atomic mass is 19.4. The summed E-state index contributed by atoms with van der Waals surface area (Å²) in [5.41, 5.74) is 4.29. The van der Waals surface area contributed by atoms with Gasteiger partial charge in [0.15, 0.2) is 0 Å². The molecular weight excluding hydrogens is 261 g/mol. The molecule has 0 unspecified atom stereocenters. The highest BCUT2D eigenvalue weighted by molar-refractivity contribution is 5.32. The van der Waals surface area contributed by atoms with Gasteiger partial charge in [-0.3, -0.25) is 0 Å². The third-order valence-electron chi connectivity index (χ3n) is 3.29. The van der Waals surface area contributed by atoms with Gasteiger partial charge in [0.25, 0.3) is 0 Å². The van der Waals surface area contributed by atoms with Gasteiger partial charge in [0.2, 0.25) is 5.95 Å². The Morgan fingerprint density at radius 3 is 2.53 bits per heavy atom. The average Bonchev–Trinajstić information content (AvgIpc) is 2.39. The molecule has 0 aliphatic carbocycles. The van der Waals surface area contributed by atoms with Gasteiger partial charge in [0.1, 0.15) is 5.69 Å². The van der Waals surface area contributed by atoms with E-state index in [0.29, 0.717) is 25.9 Å². The standard InChI is InChI=1S/C11H15F3N4O/c12-11(13,14)8-1-4-16-9(17-8)18-5-2-10(15,7-19)3-6-18/h1,4,19H,2-3,5-7,15H2. The summed E-state index contributed by atoms with van der Waals surface area (Å²) in [7, 11) is 0. The van der Waals surface area contributed by atoms with Crippen molar-refractivity contribution in [2.75, 3.05) is 24.6 Å². The topological polar surface area (TPSA) is 75.3 Å². The fourth-order valence-electron chi connectivity index (χ4n) is 1.97. The molecule has 1 fully saturated rings. The molecule has 1 aliphatic rings. The Kier molecular flexibility index (Phi) is 3.64. The first kappa shape index (κ1) is 14.0. The van der Waals surface area contributed by atoms with Crippen molar-refractivity contribution in [3.8, 4) is 0 Å². The second-order valence-corrected chi connectivity index (χ2v) is 4.75. The zero-order valence-corrected chi connectivity index (χ0v) is 10.2. The van der Waals surface area contributed by atoms with Crippen LogP contribution in [0.3, 0.4) is 0 Å². The fourth-order valence-corrected chi connectivity index (χ4v) is 1.97. The van der Waals surface area contributed by atoms with Crippen LogP contribution in [0.1, 0.15) is 18.5 Å². The van der Waals surface area contributed by atoms with Gasteiger partial charge in [-0.15, -0.1) is 0 Å². The maximum absolute atomic E-state index is 12.6. The Morgan fingerprint density at radius 1 is 1.37 bits per heavy atom. The largest absolute Gasteiger partial charge is 0.433 e. The lowest BCUT2D eigenvalue weighted by Gasteiger charge is -2.38. The Hall–Kier alpha value is -1.41. The predicted molar refractivity (Wildman–Crippen MR) is 62.5 cm³/mol. The Bertz CT molecular complexity index is 444. The number of aliphatic hydroxyl groups is 1. The van der Waals surface area contributed by atoms with Crippen LogP contribution in [0.25, 0.3) is 0 Å². The second-order valence-electron chi connectivity index (χ2n) is 4.75. The van der Waals surface area contributed by atoms with Gasteiger partial charge in [0, 0.05) is 24.8 Å². The summed E-state index contributed by atoms with van der Waals surface area (Å²) >= 11 is 0. The summed E-state index contributed by atoms with van der Waals surface area (Å²) < 4.78 is 37.7. The van der Waals surface area contributed by atoms with E-state index in [4.69, 9.17) is 10.8 Å². The number of nitrogens with two attached hydrogens (primary N) is 1. The third kappa shape index (κ3) is 3.13. The minimum absolute atomic E-state index is 0.0508. The smallest absolute Gasteiger partial charge is 0.394 e. The van der Waals surface area contributed by atoms with E-state index in [0.717, 1.165) is 12.3 Å². The number of nitrogens with zero attached hydrogens (tertiary/aromatic N) is 3. The highest BCUT2D eigenvalue weighted by Crippen LogP contribution is 2.29. The van der Waals surface area contributed by atoms with Crippen LogP contribution in [0.5, 0.6) is 0 Å². The summed E-state index contributed by atoms with van der Waals surface area (Å²) in [5.74, 6) is 0.0508. The van der Waals surface area contributed by atoms with Gasteiger partial charge in [-0.05, 0) is 18.9 Å². The van der Waals surface area contributed by atoms with Gasteiger partial charge >= 0.3 is 6.18 Å². The van der Waals surface area contributed by atoms with Crippen LogP contribution < -0.4 is 10.6 Å². The van der Waals surface area contributed by atoms with Crippen LogP contribution in [0, 0.1) is 0 Å². The number of aliphatic hydroxyl groups excluding tert-OH is 1. The highest BCUT2D eigenvalue weighted by Gasteiger charge is 2.35. The van der Waals surface area contributed by atoms with Gasteiger partial charge in [-0.2, -0.15) is 13.2 Å². The second kappa shape index (κ2) is 4.93. The average molecular weight is 276 g/mol. The summed E-state index contributed by atoms with van der Waals surface area (Å²) in [5, 5.41) is 9.13. The SMILES string of the molecule is NC1(CO)CCN(c2nccc(C(F)(F)F)n2)CC1. The van der Waals surface area contributed by atoms with E-state index in [9.17, 15) is 13.2 Å². The van der Waals surface area contributed by atoms with E-state index in [1.165, 1.54) is 0 Å². The Labute approximate surface area is 108 Å². The summed E-state index contributed by atoms with van der Waals surface area (Å²) in [4.78, 5) is 9.04. The molecule has 8 heteroatoms. The summed E-state index contributed by atoms with van der Waals surface area (Å²) in [6.07, 6.45) is -2.40. The van der Waals surface area contributed by atoms with Gasteiger partial charge < -0.3 is 15.7 Å². The van der Waals surface area contributed by atoms with Crippen molar-refractivity contribution in [3.05, 3.63) is 18.0 Å². The first-order valence-corrected chi connectivity index (χ1v) is 5.89. The van der Waals surface area contributed by atoms with Crippen molar-refractivity contribution in [1.82, 2.24) is 9.97 Å². The lowest BCUT2D eigenvalue weighted by Crippen LogP contribution is -2.53. The number of hydrogen-bond acceptors (Lipinski definition) is 5. The number of rotatable bonds is 2. The number of alkyl halides is 3. The van der Waals surface area contributed by atoms with Gasteiger partial charge in [-0.25, -0.2) is 9.97 Å². The number of hydrogen-bond donors (Lipinski definition) is 2. The molecule has 19 heavy (non-hydrogen) atoms. The fraction of sp³-hybridized carbons (Fsp3) is 0.636. The van der Waals surface area contributed by atoms with Crippen molar-refractivity contribution in [3.63, 3.8) is 0 Å². The minimum Gasteiger partial charge on any atom is -0.394 e. The monoisotopic (exact) mass is 276 g/mol. The van der Waals surface area contributed by atoms with E-state index in [1.54, 1.807) is 4.90 Å². The molecule has 3 N–H and O–H groups in total. The molecule has 106 valence electrons. The van der Waals surface area contributed by atoms with E-state index < -0.39 is 17.4 Å². The molecule has 1 aromatic heterocycles. The van der Waals surface area contributed by atoms with Crippen molar-refractivity contribution >= 4 is 5.95 Å². The number of aromatic nitrogens is 2. The van der Waals surface area contributed by atoms with Crippen molar-refractivity contribution in [2.45, 2.75) is 24.6 Å².